The Bertz CT molecular complexity index is 3010. The molecule has 2 N–H and O–H groups in total. The molecule has 9 rings (SSSR count). The van der Waals surface area contributed by atoms with Crippen LogP contribution in [0.4, 0.5) is 26.3 Å². The van der Waals surface area contributed by atoms with Crippen molar-refractivity contribution in [1.82, 2.24) is 39.2 Å². The van der Waals surface area contributed by atoms with E-state index < -0.39 is 29.6 Å². The number of hydrogen-bond donors (Lipinski definition) is 2. The Morgan fingerprint density at radius 2 is 1.09 bits per heavy atom. The lowest BCUT2D eigenvalue weighted by Gasteiger charge is -2.11. The standard InChI is InChI=1S/C19H12Cl3F3N4O2S.C16H6Cl3F3N4OS.C3H6O/c1-8(30)7-31-15-4-11(20)10(3-12(15)21)17-27-28-18(32-17)14-6-29-5-9(19(23,24)25)2-13(22)16(29)26-14;17-8-3-12(27)9(18)2-7(8)14-24-25-15(28-14)11-5-26-4-6(16(20,21)22)1-10(19)13(26)23-11;1-3-2-4-3/h2-6,8,30H,7H2,1H3;1-5,27H;3H,2H2,1H3. The normalized spacial score (nSPS) is 14.3. The van der Waals surface area contributed by atoms with Gasteiger partial charge in [-0.05, 0) is 38.1 Å². The number of fused-ring (bicyclic) bond motifs is 2. The first-order chi connectivity index (χ1) is 30.0. The van der Waals surface area contributed by atoms with Crippen molar-refractivity contribution in [1.29, 1.82) is 0 Å². The zero-order valence-corrected chi connectivity index (χ0v) is 38.2. The second kappa shape index (κ2) is 18.9. The van der Waals surface area contributed by atoms with Gasteiger partial charge >= 0.3 is 12.4 Å². The molecule has 0 amide bonds. The van der Waals surface area contributed by atoms with Crippen molar-refractivity contribution in [3.63, 3.8) is 0 Å². The second-order valence-electron chi connectivity index (χ2n) is 13.5. The fourth-order valence-electron chi connectivity index (χ4n) is 5.31. The van der Waals surface area contributed by atoms with E-state index in [1.54, 1.807) is 13.0 Å². The third-order valence-corrected chi connectivity index (χ3v) is 12.2. The molecule has 12 nitrogen and oxygen atoms in total. The van der Waals surface area contributed by atoms with E-state index in [1.165, 1.54) is 39.4 Å². The van der Waals surface area contributed by atoms with Crippen LogP contribution in [0.1, 0.15) is 25.0 Å². The maximum atomic E-state index is 13.0. The smallest absolute Gasteiger partial charge is 0.417 e. The van der Waals surface area contributed by atoms with Gasteiger partial charge in [0.15, 0.2) is 21.3 Å². The van der Waals surface area contributed by atoms with Gasteiger partial charge in [0, 0.05) is 48.0 Å². The molecule has 1 aliphatic rings. The van der Waals surface area contributed by atoms with Gasteiger partial charge in [-0.25, -0.2) is 9.97 Å². The summed E-state index contributed by atoms with van der Waals surface area (Å²) in [6.07, 6.45) is -4.60. The number of rotatable bonds is 7. The molecule has 2 aromatic carbocycles. The van der Waals surface area contributed by atoms with Gasteiger partial charge in [0.25, 0.3) is 0 Å². The van der Waals surface area contributed by atoms with Gasteiger partial charge in [-0.3, -0.25) is 0 Å². The van der Waals surface area contributed by atoms with Gasteiger partial charge in [-0.2, -0.15) is 26.3 Å². The molecular formula is C38H24Cl6F6N8O4S2. The number of aromatic nitrogens is 8. The van der Waals surface area contributed by atoms with Crippen LogP contribution < -0.4 is 4.74 Å². The topological polar surface area (TPSA) is 148 Å². The molecule has 2 unspecified atom stereocenters. The first-order valence-electron chi connectivity index (χ1n) is 17.8. The molecule has 8 aromatic rings. The van der Waals surface area contributed by atoms with E-state index in [2.05, 4.69) is 37.3 Å². The van der Waals surface area contributed by atoms with E-state index in [1.807, 2.05) is 0 Å². The van der Waals surface area contributed by atoms with Crippen LogP contribution in [-0.4, -0.2) is 74.8 Å². The van der Waals surface area contributed by atoms with Gasteiger partial charge in [0.05, 0.1) is 60.1 Å². The van der Waals surface area contributed by atoms with E-state index in [0.29, 0.717) is 59.4 Å². The van der Waals surface area contributed by atoms with Crippen molar-refractivity contribution in [3.8, 4) is 54.0 Å². The zero-order chi connectivity index (χ0) is 46.4. The summed E-state index contributed by atoms with van der Waals surface area (Å²) in [4.78, 5) is 8.52. The Morgan fingerprint density at radius 1 is 0.672 bits per heavy atom. The van der Waals surface area contributed by atoms with Crippen molar-refractivity contribution in [2.45, 2.75) is 38.4 Å². The van der Waals surface area contributed by atoms with Gasteiger partial charge in [-0.15, -0.1) is 20.4 Å². The Kier molecular flexibility index (Phi) is 14.1. The van der Waals surface area contributed by atoms with Gasteiger partial charge in [0.1, 0.15) is 39.5 Å². The van der Waals surface area contributed by atoms with E-state index in [-0.39, 0.29) is 48.8 Å². The first kappa shape index (κ1) is 47.7. The second-order valence-corrected chi connectivity index (χ2v) is 17.9. The molecule has 0 radical (unpaired) electrons. The molecule has 0 spiro atoms. The number of aromatic hydroxyl groups is 1. The number of imidazole rings is 2. The highest BCUT2D eigenvalue weighted by molar-refractivity contribution is 7.18. The quantitative estimate of drug-likeness (QED) is 0.117. The number of epoxide rings is 1. The Hall–Kier alpha value is -4.22. The molecule has 0 saturated carbocycles. The highest BCUT2D eigenvalue weighted by Crippen LogP contribution is 2.42. The fraction of sp³-hybridized carbons (Fsp3) is 0.211. The number of pyridine rings is 2. The van der Waals surface area contributed by atoms with E-state index in [9.17, 15) is 36.6 Å². The summed E-state index contributed by atoms with van der Waals surface area (Å²) in [5.41, 5.74) is 0.0771. The maximum Gasteiger partial charge on any atom is 0.417 e. The summed E-state index contributed by atoms with van der Waals surface area (Å²) in [7, 11) is 0. The summed E-state index contributed by atoms with van der Waals surface area (Å²) >= 11 is 38.8. The summed E-state index contributed by atoms with van der Waals surface area (Å²) in [5, 5.41) is 37.3. The van der Waals surface area contributed by atoms with E-state index in [4.69, 9.17) is 79.1 Å². The number of nitrogens with zero attached hydrogens (tertiary/aromatic N) is 8. The van der Waals surface area contributed by atoms with Crippen molar-refractivity contribution in [2.24, 2.45) is 0 Å². The highest BCUT2D eigenvalue weighted by Gasteiger charge is 2.33. The number of aliphatic hydroxyl groups excluding tert-OH is 1. The van der Waals surface area contributed by atoms with Crippen LogP contribution in [0.2, 0.25) is 30.1 Å². The molecule has 6 aromatic heterocycles. The number of phenolic OH excluding ortho intramolecular Hbond substituents is 1. The average Bonchev–Trinajstić information content (AvgIpc) is 3.71. The van der Waals surface area contributed by atoms with Crippen LogP contribution in [0, 0.1) is 0 Å². The fourth-order valence-corrected chi connectivity index (χ4v) is 8.47. The van der Waals surface area contributed by atoms with Crippen molar-refractivity contribution >= 4 is 104 Å². The lowest BCUT2D eigenvalue weighted by molar-refractivity contribution is -0.138. The summed E-state index contributed by atoms with van der Waals surface area (Å²) in [6, 6.07) is 7.43. The SMILES string of the molecule is CC(O)COc1cc(Cl)c(-c2nnc(-c3cn4cc(C(F)(F)F)cc(Cl)c4n3)s2)cc1Cl.CC1CO1.Oc1cc(Cl)c(-c2nnc(-c3cn4cc(C(F)(F)F)cc(Cl)c4n3)s2)cc1Cl. The van der Waals surface area contributed by atoms with E-state index >= 15 is 0 Å². The number of halogens is 12. The minimum atomic E-state index is -4.54. The third-order valence-electron chi connectivity index (χ3n) is 8.45. The van der Waals surface area contributed by atoms with E-state index in [0.717, 1.165) is 53.8 Å². The maximum absolute atomic E-state index is 13.0. The number of phenols is 1. The Balaban J connectivity index is 0.000000177. The van der Waals surface area contributed by atoms with Crippen LogP contribution >= 0.6 is 92.3 Å². The highest BCUT2D eigenvalue weighted by atomic mass is 35.5. The number of alkyl halides is 6. The number of benzene rings is 2. The van der Waals surface area contributed by atoms with Gasteiger partial charge < -0.3 is 28.5 Å². The molecule has 2 atom stereocenters. The first-order valence-corrected chi connectivity index (χ1v) is 21.7. The van der Waals surface area contributed by atoms with Crippen molar-refractivity contribution in [3.05, 3.63) is 102 Å². The average molecular weight is 1050 g/mol. The number of hydrogen-bond acceptors (Lipinski definition) is 12. The monoisotopic (exact) mass is 1040 g/mol. The number of ether oxygens (including phenoxy) is 2. The van der Waals surface area contributed by atoms with Crippen LogP contribution in [0.5, 0.6) is 11.5 Å². The van der Waals surface area contributed by atoms with Crippen molar-refractivity contribution < 1.29 is 46.0 Å². The molecule has 336 valence electrons. The van der Waals surface area contributed by atoms with Crippen molar-refractivity contribution in [2.75, 3.05) is 13.2 Å². The summed E-state index contributed by atoms with van der Waals surface area (Å²) in [6.45, 7) is 4.66. The molecule has 1 saturated heterocycles. The minimum absolute atomic E-state index is 0.0465. The van der Waals surface area contributed by atoms with Crippen LogP contribution in [0.3, 0.4) is 0 Å². The molecule has 1 fully saturated rings. The van der Waals surface area contributed by atoms with Gasteiger partial charge in [0.2, 0.25) is 0 Å². The molecule has 0 aliphatic carbocycles. The molecule has 1 aliphatic heterocycles. The molecular weight excluding hydrogens is 1020 g/mol. The summed E-state index contributed by atoms with van der Waals surface area (Å²) in [5.74, 6) is 0.136. The predicted octanol–water partition coefficient (Wildman–Crippen LogP) is 12.9. The molecule has 7 heterocycles. The molecule has 64 heavy (non-hydrogen) atoms. The van der Waals surface area contributed by atoms with Gasteiger partial charge in [-0.1, -0.05) is 92.3 Å². The Morgan fingerprint density at radius 3 is 1.52 bits per heavy atom. The summed E-state index contributed by atoms with van der Waals surface area (Å²) < 4.78 is 90.5. The third kappa shape index (κ3) is 11.1. The lowest BCUT2D eigenvalue weighted by atomic mass is 10.2. The zero-order valence-electron chi connectivity index (χ0n) is 32.0. The lowest BCUT2D eigenvalue weighted by Crippen LogP contribution is -2.12. The Labute approximate surface area is 394 Å². The molecule has 0 bridgehead atoms. The van der Waals surface area contributed by atoms with Crippen LogP contribution in [0.15, 0.2) is 61.2 Å². The van der Waals surface area contributed by atoms with Crippen LogP contribution in [0.25, 0.3) is 53.8 Å². The van der Waals surface area contributed by atoms with Crippen LogP contribution in [-0.2, 0) is 17.1 Å². The minimum Gasteiger partial charge on any atom is -0.506 e. The largest absolute Gasteiger partial charge is 0.506 e. The predicted molar refractivity (Wildman–Crippen MR) is 233 cm³/mol. The molecule has 26 heteroatoms. The number of aliphatic hydroxyl groups is 1.